The lowest BCUT2D eigenvalue weighted by Crippen LogP contribution is -2.38. The average Bonchev–Trinajstić information content (AvgIpc) is 2.85. The van der Waals surface area contributed by atoms with Crippen LogP contribution in [-0.4, -0.2) is 61.2 Å². The Kier molecular flexibility index (Phi) is 8.11. The number of hydrogen-bond donors (Lipinski definition) is 1. The molecule has 1 amide bonds. The molecule has 1 N–H and O–H groups in total. The molecule has 0 aromatic heterocycles. The molecule has 2 aromatic rings. The largest absolute Gasteiger partial charge is 0.322 e. The van der Waals surface area contributed by atoms with E-state index in [1.165, 1.54) is 16.8 Å². The number of thioether (sulfide) groups is 1. The third-order valence-corrected chi connectivity index (χ3v) is 9.41. The van der Waals surface area contributed by atoms with Gasteiger partial charge in [0.05, 0.1) is 4.90 Å². The lowest BCUT2D eigenvalue weighted by Gasteiger charge is -2.30. The molecule has 1 saturated carbocycles. The molecule has 0 unspecified atom stereocenters. The Morgan fingerprint density at radius 2 is 1.79 bits per heavy atom. The number of hydrogen-bond acceptors (Lipinski definition) is 5. The first-order chi connectivity index (χ1) is 15.9. The van der Waals surface area contributed by atoms with Crippen LogP contribution >= 0.6 is 11.8 Å². The summed E-state index contributed by atoms with van der Waals surface area (Å²) in [5.74, 6) is 2.01. The van der Waals surface area contributed by atoms with Crippen LogP contribution in [0.2, 0.25) is 0 Å². The van der Waals surface area contributed by atoms with Crippen LogP contribution in [0.4, 0.5) is 5.69 Å². The van der Waals surface area contributed by atoms with Crippen molar-refractivity contribution in [2.75, 3.05) is 37.0 Å². The van der Waals surface area contributed by atoms with Crippen molar-refractivity contribution in [2.45, 2.75) is 49.6 Å². The van der Waals surface area contributed by atoms with E-state index in [0.717, 1.165) is 68.1 Å². The topological polar surface area (TPSA) is 69.7 Å². The number of carbonyl (C=O) groups is 1. The minimum absolute atomic E-state index is 0.0301. The van der Waals surface area contributed by atoms with Gasteiger partial charge in [-0.3, -0.25) is 9.69 Å². The minimum Gasteiger partial charge on any atom is -0.322 e. The fourth-order valence-corrected chi connectivity index (χ4v) is 7.01. The summed E-state index contributed by atoms with van der Waals surface area (Å²) in [5, 5.41) is 2.94. The SMILES string of the molecule is CN(C1CCCCC1)S(=O)(=O)c1cccc(C(=O)Nc2cccc(CN3CCSCC3)c2)c1. The molecular formula is C25H33N3O3S2. The number of sulfonamides is 1. The first kappa shape index (κ1) is 24.3. The number of amides is 1. The van der Waals surface area contributed by atoms with Gasteiger partial charge in [0.15, 0.2) is 0 Å². The Labute approximate surface area is 201 Å². The van der Waals surface area contributed by atoms with Crippen molar-refractivity contribution in [3.05, 3.63) is 59.7 Å². The molecule has 0 atom stereocenters. The minimum atomic E-state index is -3.64. The maximum atomic E-state index is 13.2. The van der Waals surface area contributed by atoms with E-state index in [1.807, 2.05) is 30.0 Å². The molecule has 1 saturated heterocycles. The van der Waals surface area contributed by atoms with Crippen LogP contribution < -0.4 is 5.32 Å². The predicted molar refractivity (Wildman–Crippen MR) is 135 cm³/mol. The molecule has 8 heteroatoms. The Morgan fingerprint density at radius 3 is 2.55 bits per heavy atom. The quantitative estimate of drug-likeness (QED) is 0.625. The molecule has 1 aliphatic carbocycles. The van der Waals surface area contributed by atoms with E-state index in [0.29, 0.717) is 5.56 Å². The molecule has 0 bridgehead atoms. The Hall–Kier alpha value is -1.87. The van der Waals surface area contributed by atoms with Crippen LogP contribution in [-0.2, 0) is 16.6 Å². The second-order valence-corrected chi connectivity index (χ2v) is 12.1. The second kappa shape index (κ2) is 11.0. The van der Waals surface area contributed by atoms with Gasteiger partial charge in [0.1, 0.15) is 0 Å². The number of rotatable bonds is 7. The highest BCUT2D eigenvalue weighted by Gasteiger charge is 2.29. The van der Waals surface area contributed by atoms with Crippen molar-refractivity contribution in [3.63, 3.8) is 0 Å². The smallest absolute Gasteiger partial charge is 0.255 e. The molecule has 178 valence electrons. The third kappa shape index (κ3) is 6.18. The Bertz CT molecular complexity index is 1060. The number of anilines is 1. The van der Waals surface area contributed by atoms with Gasteiger partial charge in [0, 0.05) is 55.5 Å². The van der Waals surface area contributed by atoms with Crippen LogP contribution in [0, 0.1) is 0 Å². The van der Waals surface area contributed by atoms with Crippen molar-refractivity contribution < 1.29 is 13.2 Å². The summed E-state index contributed by atoms with van der Waals surface area (Å²) in [4.78, 5) is 15.5. The van der Waals surface area contributed by atoms with Gasteiger partial charge in [-0.25, -0.2) is 8.42 Å². The van der Waals surface area contributed by atoms with Gasteiger partial charge in [0.2, 0.25) is 10.0 Å². The molecule has 2 aliphatic rings. The first-order valence-electron chi connectivity index (χ1n) is 11.7. The van der Waals surface area contributed by atoms with Crippen LogP contribution in [0.1, 0.15) is 48.0 Å². The van der Waals surface area contributed by atoms with Crippen LogP contribution in [0.3, 0.4) is 0 Å². The molecule has 6 nitrogen and oxygen atoms in total. The number of nitrogens with zero attached hydrogens (tertiary/aromatic N) is 2. The summed E-state index contributed by atoms with van der Waals surface area (Å²) in [6.07, 6.45) is 5.06. The third-order valence-electron chi connectivity index (χ3n) is 6.56. The van der Waals surface area contributed by atoms with Crippen LogP contribution in [0.5, 0.6) is 0 Å². The van der Waals surface area contributed by atoms with E-state index in [2.05, 4.69) is 16.3 Å². The summed E-state index contributed by atoms with van der Waals surface area (Å²) >= 11 is 1.99. The number of carbonyl (C=O) groups excluding carboxylic acids is 1. The lowest BCUT2D eigenvalue weighted by atomic mass is 9.96. The fraction of sp³-hybridized carbons (Fsp3) is 0.480. The number of benzene rings is 2. The maximum absolute atomic E-state index is 13.2. The molecule has 0 spiro atoms. The van der Waals surface area contributed by atoms with Gasteiger partial charge in [-0.15, -0.1) is 0 Å². The van der Waals surface area contributed by atoms with Gasteiger partial charge in [-0.2, -0.15) is 16.1 Å². The molecule has 4 rings (SSSR count). The molecular weight excluding hydrogens is 454 g/mol. The predicted octanol–water partition coefficient (Wildman–Crippen LogP) is 4.44. The Balaban J connectivity index is 1.45. The molecule has 1 aliphatic heterocycles. The van der Waals surface area contributed by atoms with Gasteiger partial charge in [-0.1, -0.05) is 37.5 Å². The van der Waals surface area contributed by atoms with Gasteiger partial charge in [0.25, 0.3) is 5.91 Å². The average molecular weight is 488 g/mol. The van der Waals surface area contributed by atoms with Gasteiger partial charge < -0.3 is 5.32 Å². The molecule has 2 aromatic carbocycles. The van der Waals surface area contributed by atoms with Crippen molar-refractivity contribution in [1.29, 1.82) is 0 Å². The summed E-state index contributed by atoms with van der Waals surface area (Å²) < 4.78 is 27.9. The van der Waals surface area contributed by atoms with Crippen LogP contribution in [0.25, 0.3) is 0 Å². The zero-order valence-electron chi connectivity index (χ0n) is 19.2. The standard InChI is InChI=1S/C25H33N3O3S2/c1-27(23-10-3-2-4-11-23)33(30,31)24-12-6-8-21(18-24)25(29)26-22-9-5-7-20(17-22)19-28-13-15-32-16-14-28/h5-9,12,17-18,23H,2-4,10-11,13-16,19H2,1H3,(H,26,29). The van der Waals surface area contributed by atoms with E-state index in [1.54, 1.807) is 25.2 Å². The maximum Gasteiger partial charge on any atom is 0.255 e. The zero-order chi connectivity index (χ0) is 23.3. The highest BCUT2D eigenvalue weighted by Crippen LogP contribution is 2.27. The van der Waals surface area contributed by atoms with Crippen molar-refractivity contribution in [1.82, 2.24) is 9.21 Å². The molecule has 0 radical (unpaired) electrons. The molecule has 1 heterocycles. The summed E-state index contributed by atoms with van der Waals surface area (Å²) in [6, 6.07) is 14.3. The zero-order valence-corrected chi connectivity index (χ0v) is 20.8. The van der Waals surface area contributed by atoms with Crippen molar-refractivity contribution in [2.24, 2.45) is 0 Å². The summed E-state index contributed by atoms with van der Waals surface area (Å²) in [7, 11) is -1.99. The number of nitrogens with one attached hydrogen (secondary N) is 1. The van der Waals surface area contributed by atoms with Crippen molar-refractivity contribution >= 4 is 33.4 Å². The summed E-state index contributed by atoms with van der Waals surface area (Å²) in [6.45, 7) is 3.03. The first-order valence-corrected chi connectivity index (χ1v) is 14.3. The van der Waals surface area contributed by atoms with E-state index in [4.69, 9.17) is 0 Å². The monoisotopic (exact) mass is 487 g/mol. The second-order valence-electron chi connectivity index (χ2n) is 8.88. The lowest BCUT2D eigenvalue weighted by molar-refractivity contribution is 0.102. The van der Waals surface area contributed by atoms with Crippen LogP contribution in [0.15, 0.2) is 53.4 Å². The molecule has 33 heavy (non-hydrogen) atoms. The normalized spacial score (nSPS) is 18.4. The highest BCUT2D eigenvalue weighted by molar-refractivity contribution is 7.99. The van der Waals surface area contributed by atoms with E-state index >= 15 is 0 Å². The van der Waals surface area contributed by atoms with Gasteiger partial charge in [-0.05, 0) is 48.7 Å². The highest BCUT2D eigenvalue weighted by atomic mass is 32.2. The Morgan fingerprint density at radius 1 is 1.06 bits per heavy atom. The van der Waals surface area contributed by atoms with Crippen molar-refractivity contribution in [3.8, 4) is 0 Å². The van der Waals surface area contributed by atoms with E-state index in [9.17, 15) is 13.2 Å². The fourth-order valence-electron chi connectivity index (χ4n) is 4.57. The van der Waals surface area contributed by atoms with E-state index in [-0.39, 0.29) is 16.8 Å². The summed E-state index contributed by atoms with van der Waals surface area (Å²) in [5.41, 5.74) is 2.22. The molecule has 2 fully saturated rings. The van der Waals surface area contributed by atoms with E-state index < -0.39 is 10.0 Å². The van der Waals surface area contributed by atoms with Gasteiger partial charge >= 0.3 is 0 Å².